The molecule has 0 radical (unpaired) electrons. The van der Waals surface area contributed by atoms with Crippen LogP contribution in [-0.4, -0.2) is 8.42 Å². The van der Waals surface area contributed by atoms with E-state index in [0.717, 1.165) is 16.6 Å². The van der Waals surface area contributed by atoms with Gasteiger partial charge in [-0.25, -0.2) is 17.2 Å². The van der Waals surface area contributed by atoms with Gasteiger partial charge in [-0.1, -0.05) is 15.9 Å². The molecule has 2 rings (SSSR count). The van der Waals surface area contributed by atoms with E-state index in [4.69, 9.17) is 0 Å². The lowest BCUT2D eigenvalue weighted by atomic mass is 10.3. The summed E-state index contributed by atoms with van der Waals surface area (Å²) in [5.41, 5.74) is 0.327. The fourth-order valence-corrected chi connectivity index (χ4v) is 2.71. The standard InChI is InChI=1S/C12H8BrF2NO2S/c13-8-1-3-9(4-2-8)16-19(17,18)10-5-6-11(14)12(15)7-10/h1-7,16H. The molecule has 0 bridgehead atoms. The SMILES string of the molecule is O=S(=O)(Nc1ccc(Br)cc1)c1ccc(F)c(F)c1. The Bertz CT molecular complexity index is 702. The van der Waals surface area contributed by atoms with Gasteiger partial charge in [0.05, 0.1) is 4.90 Å². The van der Waals surface area contributed by atoms with Crippen molar-refractivity contribution in [3.63, 3.8) is 0 Å². The number of benzene rings is 2. The smallest absolute Gasteiger partial charge is 0.261 e. The van der Waals surface area contributed by atoms with Gasteiger partial charge in [0.1, 0.15) is 0 Å². The van der Waals surface area contributed by atoms with Gasteiger partial charge in [0, 0.05) is 10.2 Å². The maximum atomic E-state index is 13.0. The summed E-state index contributed by atoms with van der Waals surface area (Å²) in [4.78, 5) is -0.339. The Labute approximate surface area is 117 Å². The fraction of sp³-hybridized carbons (Fsp3) is 0. The van der Waals surface area contributed by atoms with Crippen LogP contribution in [0.25, 0.3) is 0 Å². The molecule has 0 aliphatic heterocycles. The third-order valence-electron chi connectivity index (χ3n) is 2.30. The third-order valence-corrected chi connectivity index (χ3v) is 4.21. The zero-order chi connectivity index (χ0) is 14.0. The van der Waals surface area contributed by atoms with Gasteiger partial charge in [-0.3, -0.25) is 4.72 Å². The van der Waals surface area contributed by atoms with Crippen molar-refractivity contribution in [3.8, 4) is 0 Å². The number of anilines is 1. The first-order valence-electron chi connectivity index (χ1n) is 5.12. The minimum Gasteiger partial charge on any atom is -0.280 e. The van der Waals surface area contributed by atoms with Gasteiger partial charge in [-0.2, -0.15) is 0 Å². The molecular weight excluding hydrogens is 340 g/mol. The van der Waals surface area contributed by atoms with Crippen molar-refractivity contribution in [1.29, 1.82) is 0 Å². The molecule has 0 atom stereocenters. The van der Waals surface area contributed by atoms with Gasteiger partial charge in [0.2, 0.25) is 0 Å². The minimum absolute atomic E-state index is 0.327. The van der Waals surface area contributed by atoms with Crippen LogP contribution in [0.3, 0.4) is 0 Å². The Morgan fingerprint density at radius 3 is 2.16 bits per heavy atom. The lowest BCUT2D eigenvalue weighted by Crippen LogP contribution is -2.13. The van der Waals surface area contributed by atoms with Gasteiger partial charge in [0.15, 0.2) is 11.6 Å². The first kappa shape index (κ1) is 14.0. The summed E-state index contributed by atoms with van der Waals surface area (Å²) in [6.45, 7) is 0. The Balaban J connectivity index is 2.32. The average molecular weight is 348 g/mol. The van der Waals surface area contributed by atoms with E-state index in [2.05, 4.69) is 20.7 Å². The van der Waals surface area contributed by atoms with E-state index in [1.54, 1.807) is 24.3 Å². The third kappa shape index (κ3) is 3.30. The van der Waals surface area contributed by atoms with Crippen LogP contribution in [0.15, 0.2) is 51.8 Å². The van der Waals surface area contributed by atoms with E-state index >= 15 is 0 Å². The second-order valence-electron chi connectivity index (χ2n) is 3.69. The molecule has 0 aliphatic rings. The summed E-state index contributed by atoms with van der Waals surface area (Å²) >= 11 is 3.22. The van der Waals surface area contributed by atoms with E-state index in [0.29, 0.717) is 11.8 Å². The molecule has 19 heavy (non-hydrogen) atoms. The summed E-state index contributed by atoms with van der Waals surface area (Å²) in [6.07, 6.45) is 0. The van der Waals surface area contributed by atoms with Crippen LogP contribution in [0.2, 0.25) is 0 Å². The average Bonchev–Trinajstić information content (AvgIpc) is 2.35. The topological polar surface area (TPSA) is 46.2 Å². The van der Waals surface area contributed by atoms with E-state index in [1.807, 2.05) is 0 Å². The predicted molar refractivity (Wildman–Crippen MR) is 71.3 cm³/mol. The second-order valence-corrected chi connectivity index (χ2v) is 6.29. The molecule has 2 aromatic rings. The first-order valence-corrected chi connectivity index (χ1v) is 7.39. The van der Waals surface area contributed by atoms with Crippen LogP contribution >= 0.6 is 15.9 Å². The van der Waals surface area contributed by atoms with Crippen molar-refractivity contribution in [1.82, 2.24) is 0 Å². The number of hydrogen-bond acceptors (Lipinski definition) is 2. The molecule has 0 saturated heterocycles. The molecule has 0 spiro atoms. The molecule has 0 heterocycles. The van der Waals surface area contributed by atoms with Crippen LogP contribution in [0, 0.1) is 11.6 Å². The molecule has 0 fully saturated rings. The lowest BCUT2D eigenvalue weighted by molar-refractivity contribution is 0.504. The monoisotopic (exact) mass is 347 g/mol. The van der Waals surface area contributed by atoms with E-state index in [1.165, 1.54) is 0 Å². The number of rotatable bonds is 3. The second kappa shape index (κ2) is 5.26. The summed E-state index contributed by atoms with van der Waals surface area (Å²) in [5, 5.41) is 0. The zero-order valence-corrected chi connectivity index (χ0v) is 11.8. The molecule has 1 N–H and O–H groups in total. The van der Waals surface area contributed by atoms with Crippen molar-refractivity contribution in [2.24, 2.45) is 0 Å². The highest BCUT2D eigenvalue weighted by atomic mass is 79.9. The number of nitrogens with one attached hydrogen (secondary N) is 1. The van der Waals surface area contributed by atoms with Crippen molar-refractivity contribution in [2.75, 3.05) is 4.72 Å². The van der Waals surface area contributed by atoms with Crippen LogP contribution in [0.1, 0.15) is 0 Å². The quantitative estimate of drug-likeness (QED) is 0.923. The Kier molecular flexibility index (Phi) is 3.86. The first-order chi connectivity index (χ1) is 8.88. The van der Waals surface area contributed by atoms with Crippen molar-refractivity contribution >= 4 is 31.6 Å². The van der Waals surface area contributed by atoms with Gasteiger partial charge >= 0.3 is 0 Å². The Morgan fingerprint density at radius 2 is 1.58 bits per heavy atom. The highest BCUT2D eigenvalue weighted by Gasteiger charge is 2.16. The van der Waals surface area contributed by atoms with Gasteiger partial charge in [-0.15, -0.1) is 0 Å². The minimum atomic E-state index is -3.94. The zero-order valence-electron chi connectivity index (χ0n) is 9.40. The number of hydrogen-bond donors (Lipinski definition) is 1. The molecule has 100 valence electrons. The highest BCUT2D eigenvalue weighted by molar-refractivity contribution is 9.10. The van der Waals surface area contributed by atoms with Gasteiger partial charge in [0.25, 0.3) is 10.0 Å². The summed E-state index contributed by atoms with van der Waals surface area (Å²) in [6, 6.07) is 8.80. The van der Waals surface area contributed by atoms with Crippen molar-refractivity contribution in [3.05, 3.63) is 58.6 Å². The number of halogens is 3. The summed E-state index contributed by atoms with van der Waals surface area (Å²) in [5.74, 6) is -2.30. The summed E-state index contributed by atoms with van der Waals surface area (Å²) < 4.78 is 52.7. The molecule has 0 saturated carbocycles. The van der Waals surface area contributed by atoms with Crippen molar-refractivity contribution in [2.45, 2.75) is 4.90 Å². The van der Waals surface area contributed by atoms with Gasteiger partial charge < -0.3 is 0 Å². The molecule has 0 aliphatic carbocycles. The van der Waals surface area contributed by atoms with E-state index < -0.39 is 21.7 Å². The van der Waals surface area contributed by atoms with Crippen LogP contribution in [0.4, 0.5) is 14.5 Å². The normalized spacial score (nSPS) is 11.3. The maximum Gasteiger partial charge on any atom is 0.261 e. The van der Waals surface area contributed by atoms with Crippen LogP contribution in [0.5, 0.6) is 0 Å². The molecule has 0 amide bonds. The Morgan fingerprint density at radius 1 is 0.947 bits per heavy atom. The molecule has 2 aromatic carbocycles. The van der Waals surface area contributed by atoms with Gasteiger partial charge in [-0.05, 0) is 42.5 Å². The lowest BCUT2D eigenvalue weighted by Gasteiger charge is -2.08. The van der Waals surface area contributed by atoms with Crippen LogP contribution in [-0.2, 0) is 10.0 Å². The molecule has 0 unspecified atom stereocenters. The largest absolute Gasteiger partial charge is 0.280 e. The fourth-order valence-electron chi connectivity index (χ4n) is 1.38. The van der Waals surface area contributed by atoms with Crippen LogP contribution < -0.4 is 4.72 Å². The highest BCUT2D eigenvalue weighted by Crippen LogP contribution is 2.19. The van der Waals surface area contributed by atoms with Crippen molar-refractivity contribution < 1.29 is 17.2 Å². The molecule has 3 nitrogen and oxygen atoms in total. The summed E-state index contributed by atoms with van der Waals surface area (Å²) in [7, 11) is -3.94. The molecule has 7 heteroatoms. The number of sulfonamides is 1. The Hall–Kier alpha value is -1.47. The van der Waals surface area contributed by atoms with E-state index in [9.17, 15) is 17.2 Å². The maximum absolute atomic E-state index is 13.0. The molecular formula is C12H8BrF2NO2S. The molecule has 0 aromatic heterocycles. The van der Waals surface area contributed by atoms with E-state index in [-0.39, 0.29) is 4.90 Å². The predicted octanol–water partition coefficient (Wildman–Crippen LogP) is 3.53.